The second-order valence-corrected chi connectivity index (χ2v) is 15.8. The number of hydrogen-bond acceptors (Lipinski definition) is 8. The first-order chi connectivity index (χ1) is 25.5. The molecule has 0 spiro atoms. The molecule has 3 aliphatic rings. The highest BCUT2D eigenvalue weighted by Gasteiger charge is 2.36. The number of benzene rings is 3. The number of rotatable bonds is 13. The number of amides is 3. The topological polar surface area (TPSA) is 145 Å². The standard InChI is InChI=1S/C41H50N6O5S/c1-4-6-20-46(21-7-5-2)41(50)37-27-45(3)38(43-37)35-19-17-31(39(48)44-53(51,52)34-18-16-28-12-8-9-14-30(28)23-34)24-36(35)40(49)47-26-32-15-11-10-13-29(32)22-33(47)25-42/h8-9,11-12,14-19,23-24,27,33,38,43H,4-7,10,13,20-22,25-26,42H2,1-3H3,(H,44,48)/t33-,38?/m0/s1. The molecule has 0 radical (unpaired) electrons. The summed E-state index contributed by atoms with van der Waals surface area (Å²) in [5, 5.41) is 4.96. The fourth-order valence-electron chi connectivity index (χ4n) is 7.33. The Labute approximate surface area is 312 Å². The smallest absolute Gasteiger partial charge is 0.271 e. The summed E-state index contributed by atoms with van der Waals surface area (Å²) in [6, 6.07) is 16.4. The number of nitrogens with two attached hydrogens (primary N) is 1. The Morgan fingerprint density at radius 3 is 2.43 bits per heavy atom. The van der Waals surface area contributed by atoms with Crippen molar-refractivity contribution in [2.75, 3.05) is 33.2 Å². The van der Waals surface area contributed by atoms with Crippen molar-refractivity contribution in [3.05, 3.63) is 113 Å². The largest absolute Gasteiger partial charge is 0.356 e. The first-order valence-corrected chi connectivity index (χ1v) is 20.1. The van der Waals surface area contributed by atoms with Crippen LogP contribution in [0.4, 0.5) is 0 Å². The first kappa shape index (κ1) is 37.8. The van der Waals surface area contributed by atoms with E-state index in [1.54, 1.807) is 29.3 Å². The maximum atomic E-state index is 14.7. The maximum absolute atomic E-state index is 14.7. The van der Waals surface area contributed by atoms with Crippen LogP contribution in [0.15, 0.2) is 101 Å². The van der Waals surface area contributed by atoms with Crippen LogP contribution in [-0.2, 0) is 14.8 Å². The zero-order chi connectivity index (χ0) is 37.7. The van der Waals surface area contributed by atoms with Crippen molar-refractivity contribution >= 4 is 38.5 Å². The minimum Gasteiger partial charge on any atom is -0.356 e. The lowest BCUT2D eigenvalue weighted by molar-refractivity contribution is -0.127. The minimum absolute atomic E-state index is 0.00968. The minimum atomic E-state index is -4.25. The Balaban J connectivity index is 1.33. The summed E-state index contributed by atoms with van der Waals surface area (Å²) in [5.41, 5.74) is 9.87. The van der Waals surface area contributed by atoms with Gasteiger partial charge in [-0.3, -0.25) is 14.4 Å². The van der Waals surface area contributed by atoms with Gasteiger partial charge in [0.1, 0.15) is 11.9 Å². The van der Waals surface area contributed by atoms with Gasteiger partial charge in [0.05, 0.1) is 4.90 Å². The van der Waals surface area contributed by atoms with E-state index in [-0.39, 0.29) is 40.4 Å². The third-order valence-electron chi connectivity index (χ3n) is 10.4. The maximum Gasteiger partial charge on any atom is 0.271 e. The number of unbranched alkanes of at least 4 members (excludes halogenated alkanes) is 2. The van der Waals surface area contributed by atoms with E-state index in [0.717, 1.165) is 54.9 Å². The van der Waals surface area contributed by atoms with Crippen molar-refractivity contribution in [1.29, 1.82) is 0 Å². The Kier molecular flexibility index (Phi) is 11.7. The summed E-state index contributed by atoms with van der Waals surface area (Å²) in [5.74, 6) is -1.29. The number of carbonyl (C=O) groups is 3. The highest BCUT2D eigenvalue weighted by molar-refractivity contribution is 7.90. The lowest BCUT2D eigenvalue weighted by Crippen LogP contribution is -2.49. The van der Waals surface area contributed by atoms with Gasteiger partial charge in [-0.15, -0.1) is 0 Å². The molecule has 6 rings (SSSR count). The van der Waals surface area contributed by atoms with E-state index in [2.05, 4.69) is 36.0 Å². The van der Waals surface area contributed by atoms with Crippen molar-refractivity contribution in [1.82, 2.24) is 24.7 Å². The van der Waals surface area contributed by atoms with Crippen LogP contribution in [0.1, 0.15) is 91.2 Å². The van der Waals surface area contributed by atoms with Crippen molar-refractivity contribution in [2.45, 2.75) is 75.9 Å². The van der Waals surface area contributed by atoms with Gasteiger partial charge in [-0.05, 0) is 72.7 Å². The fraction of sp³-hybridized carbons (Fsp3) is 0.390. The van der Waals surface area contributed by atoms with E-state index < -0.39 is 22.1 Å². The van der Waals surface area contributed by atoms with Gasteiger partial charge in [0.25, 0.3) is 27.7 Å². The molecule has 3 aromatic rings. The van der Waals surface area contributed by atoms with Gasteiger partial charge >= 0.3 is 0 Å². The van der Waals surface area contributed by atoms with E-state index in [9.17, 15) is 22.8 Å². The van der Waals surface area contributed by atoms with E-state index in [0.29, 0.717) is 37.3 Å². The van der Waals surface area contributed by atoms with Crippen molar-refractivity contribution in [2.24, 2.45) is 5.73 Å². The van der Waals surface area contributed by atoms with E-state index in [4.69, 9.17) is 5.73 Å². The molecule has 0 saturated heterocycles. The van der Waals surface area contributed by atoms with Crippen molar-refractivity contribution < 1.29 is 22.8 Å². The number of nitrogens with zero attached hydrogens (tertiary/aromatic N) is 3. The van der Waals surface area contributed by atoms with Gasteiger partial charge in [-0.1, -0.05) is 80.8 Å². The quantitative estimate of drug-likeness (QED) is 0.206. The third kappa shape index (κ3) is 8.18. The molecule has 12 heteroatoms. The predicted molar refractivity (Wildman–Crippen MR) is 207 cm³/mol. The van der Waals surface area contributed by atoms with Crippen LogP contribution in [0, 0.1) is 0 Å². The molecule has 1 unspecified atom stereocenters. The lowest BCUT2D eigenvalue weighted by atomic mass is 9.87. The van der Waals surface area contributed by atoms with E-state index in [1.165, 1.54) is 29.8 Å². The van der Waals surface area contributed by atoms with Crippen LogP contribution >= 0.6 is 0 Å². The molecule has 4 N–H and O–H groups in total. The zero-order valence-electron chi connectivity index (χ0n) is 30.8. The van der Waals surface area contributed by atoms with Crippen LogP contribution < -0.4 is 15.8 Å². The SMILES string of the molecule is CCCCN(CCCC)C(=O)C1=CN(C)C(c2ccc(C(=O)NS(=O)(=O)c3ccc4ccccc4c3)cc2C(=O)N2CC3=C(CCC=C3)C[C@H]2CN)N1. The van der Waals surface area contributed by atoms with Crippen molar-refractivity contribution in [3.63, 3.8) is 0 Å². The lowest BCUT2D eigenvalue weighted by Gasteiger charge is -2.39. The summed E-state index contributed by atoms with van der Waals surface area (Å²) in [7, 11) is -2.42. The Hall–Kier alpha value is -4.94. The number of fused-ring (bicyclic) bond motifs is 1. The third-order valence-corrected chi connectivity index (χ3v) is 11.7. The normalized spacial score (nSPS) is 18.5. The molecule has 53 heavy (non-hydrogen) atoms. The number of sulfonamides is 1. The highest BCUT2D eigenvalue weighted by Crippen LogP contribution is 2.34. The summed E-state index contributed by atoms with van der Waals surface area (Å²) >= 11 is 0. The molecule has 11 nitrogen and oxygen atoms in total. The Bertz CT molecular complexity index is 2080. The Morgan fingerprint density at radius 1 is 0.981 bits per heavy atom. The second-order valence-electron chi connectivity index (χ2n) is 14.1. The van der Waals surface area contributed by atoms with Crippen LogP contribution in [0.25, 0.3) is 10.8 Å². The van der Waals surface area contributed by atoms with Gasteiger partial charge in [0.2, 0.25) is 0 Å². The number of allylic oxidation sites excluding steroid dienone is 1. The zero-order valence-corrected chi connectivity index (χ0v) is 31.6. The monoisotopic (exact) mass is 738 g/mol. The highest BCUT2D eigenvalue weighted by atomic mass is 32.2. The van der Waals surface area contributed by atoms with Gasteiger partial charge in [0.15, 0.2) is 0 Å². The molecule has 2 aliphatic heterocycles. The summed E-state index contributed by atoms with van der Waals surface area (Å²) in [4.78, 5) is 47.7. The molecule has 2 atom stereocenters. The van der Waals surface area contributed by atoms with Gasteiger partial charge in [-0.2, -0.15) is 0 Å². The fourth-order valence-corrected chi connectivity index (χ4v) is 8.34. The molecule has 0 bridgehead atoms. The average Bonchev–Trinajstić information content (AvgIpc) is 3.57. The molecule has 0 fully saturated rings. The first-order valence-electron chi connectivity index (χ1n) is 18.6. The molecule has 0 saturated carbocycles. The second kappa shape index (κ2) is 16.4. The van der Waals surface area contributed by atoms with Gasteiger partial charge in [0, 0.05) is 62.2 Å². The van der Waals surface area contributed by atoms with Crippen LogP contribution in [0.3, 0.4) is 0 Å². The number of carbonyl (C=O) groups excluding carboxylic acids is 3. The van der Waals surface area contributed by atoms with E-state index in [1.807, 2.05) is 35.0 Å². The molecule has 3 aromatic carbocycles. The van der Waals surface area contributed by atoms with Crippen LogP contribution in [0.2, 0.25) is 0 Å². The molecular weight excluding hydrogens is 689 g/mol. The summed E-state index contributed by atoms with van der Waals surface area (Å²) in [6.07, 6.45) is 11.6. The van der Waals surface area contributed by atoms with Crippen LogP contribution in [-0.4, -0.2) is 80.1 Å². The average molecular weight is 739 g/mol. The predicted octanol–water partition coefficient (Wildman–Crippen LogP) is 5.58. The molecule has 1 aliphatic carbocycles. The molecular formula is C41H50N6O5S. The number of nitrogens with one attached hydrogen (secondary N) is 2. The number of hydrogen-bond donors (Lipinski definition) is 3. The molecule has 0 aromatic heterocycles. The molecule has 280 valence electrons. The van der Waals surface area contributed by atoms with E-state index >= 15 is 0 Å². The molecule has 3 amide bonds. The van der Waals surface area contributed by atoms with Crippen molar-refractivity contribution in [3.8, 4) is 0 Å². The van der Waals surface area contributed by atoms with Gasteiger partial charge in [-0.25, -0.2) is 13.1 Å². The van der Waals surface area contributed by atoms with Crippen LogP contribution in [0.5, 0.6) is 0 Å². The summed E-state index contributed by atoms with van der Waals surface area (Å²) < 4.78 is 29.1. The Morgan fingerprint density at radius 2 is 1.72 bits per heavy atom. The summed E-state index contributed by atoms with van der Waals surface area (Å²) in [6.45, 7) is 6.14. The van der Waals surface area contributed by atoms with Gasteiger partial charge < -0.3 is 25.8 Å². The molecule has 2 heterocycles.